The Labute approximate surface area is 141 Å². The van der Waals surface area contributed by atoms with Crippen molar-refractivity contribution in [2.75, 3.05) is 13.2 Å². The van der Waals surface area contributed by atoms with E-state index in [1.165, 1.54) is 6.92 Å². The van der Waals surface area contributed by atoms with Crippen LogP contribution in [-0.4, -0.2) is 35.8 Å². The summed E-state index contributed by atoms with van der Waals surface area (Å²) in [4.78, 5) is 36.9. The van der Waals surface area contributed by atoms with E-state index in [1.807, 2.05) is 6.92 Å². The van der Waals surface area contributed by atoms with Gasteiger partial charge in [0.05, 0.1) is 0 Å². The molecular formula is C18H22N2O4. The zero-order valence-electron chi connectivity index (χ0n) is 14.2. The van der Waals surface area contributed by atoms with Gasteiger partial charge in [-0.25, -0.2) is 4.79 Å². The number of benzene rings is 1. The van der Waals surface area contributed by atoms with Gasteiger partial charge in [0.1, 0.15) is 23.7 Å². The minimum atomic E-state index is -1.14. The third-order valence-corrected chi connectivity index (χ3v) is 3.88. The third-order valence-electron chi connectivity index (χ3n) is 3.88. The molecule has 1 aromatic carbocycles. The van der Waals surface area contributed by atoms with Gasteiger partial charge in [-0.2, -0.15) is 0 Å². The van der Waals surface area contributed by atoms with Gasteiger partial charge in [0.25, 0.3) is 5.91 Å². The van der Waals surface area contributed by atoms with Gasteiger partial charge in [0.15, 0.2) is 0 Å². The van der Waals surface area contributed by atoms with E-state index in [4.69, 9.17) is 4.74 Å². The number of ether oxygens (including phenoxy) is 1. The zero-order chi connectivity index (χ0) is 17.9. The van der Waals surface area contributed by atoms with Crippen molar-refractivity contribution in [3.8, 4) is 5.75 Å². The van der Waals surface area contributed by atoms with Gasteiger partial charge in [-0.05, 0) is 44.0 Å². The van der Waals surface area contributed by atoms with Crippen LogP contribution in [0.4, 0.5) is 4.79 Å². The first-order valence-electron chi connectivity index (χ1n) is 7.75. The minimum absolute atomic E-state index is 0.0665. The molecule has 1 fully saturated rings. The van der Waals surface area contributed by atoms with Crippen molar-refractivity contribution in [3.05, 3.63) is 42.0 Å². The molecule has 6 heteroatoms. The molecule has 2 rings (SSSR count). The number of rotatable bonds is 7. The van der Waals surface area contributed by atoms with Crippen molar-refractivity contribution in [2.45, 2.75) is 32.7 Å². The molecule has 1 unspecified atom stereocenters. The number of carbonyl (C=O) groups excluding carboxylic acids is 3. The molecule has 0 spiro atoms. The summed E-state index contributed by atoms with van der Waals surface area (Å²) in [6.07, 6.45) is 0.156. The lowest BCUT2D eigenvalue weighted by molar-refractivity contribution is -0.131. The number of nitrogens with zero attached hydrogens (tertiary/aromatic N) is 1. The number of nitrogens with one attached hydrogen (secondary N) is 1. The molecule has 0 radical (unpaired) electrons. The predicted octanol–water partition coefficient (Wildman–Crippen LogP) is 2.39. The molecule has 0 aromatic heterocycles. The molecule has 1 aliphatic heterocycles. The molecule has 1 atom stereocenters. The summed E-state index contributed by atoms with van der Waals surface area (Å²) < 4.78 is 5.53. The number of carbonyl (C=O) groups is 3. The first-order chi connectivity index (χ1) is 11.2. The summed E-state index contributed by atoms with van der Waals surface area (Å²) in [7, 11) is 0. The monoisotopic (exact) mass is 330 g/mol. The summed E-state index contributed by atoms with van der Waals surface area (Å²) in [6.45, 7) is 9.25. The van der Waals surface area contributed by atoms with Gasteiger partial charge >= 0.3 is 6.03 Å². The summed E-state index contributed by atoms with van der Waals surface area (Å²) in [5.41, 5.74) is 0.431. The quantitative estimate of drug-likeness (QED) is 0.615. The highest BCUT2D eigenvalue weighted by molar-refractivity contribution is 6.07. The molecular weight excluding hydrogens is 308 g/mol. The van der Waals surface area contributed by atoms with Crippen molar-refractivity contribution in [2.24, 2.45) is 0 Å². The van der Waals surface area contributed by atoms with E-state index in [0.29, 0.717) is 17.9 Å². The van der Waals surface area contributed by atoms with E-state index in [9.17, 15) is 14.4 Å². The van der Waals surface area contributed by atoms with Crippen molar-refractivity contribution in [1.82, 2.24) is 10.2 Å². The minimum Gasteiger partial charge on any atom is -0.489 e. The Morgan fingerprint density at radius 3 is 2.42 bits per heavy atom. The number of amides is 3. The normalized spacial score (nSPS) is 20.0. The van der Waals surface area contributed by atoms with Crippen LogP contribution < -0.4 is 10.1 Å². The van der Waals surface area contributed by atoms with Crippen LogP contribution in [0.2, 0.25) is 0 Å². The molecule has 128 valence electrons. The van der Waals surface area contributed by atoms with Gasteiger partial charge in [-0.15, -0.1) is 0 Å². The fourth-order valence-electron chi connectivity index (χ4n) is 2.46. The van der Waals surface area contributed by atoms with Gasteiger partial charge in [-0.3, -0.25) is 14.5 Å². The highest BCUT2D eigenvalue weighted by Crippen LogP contribution is 2.30. The third kappa shape index (κ3) is 3.64. The second kappa shape index (κ2) is 6.86. The molecule has 1 aromatic rings. The van der Waals surface area contributed by atoms with Crippen LogP contribution in [0.3, 0.4) is 0 Å². The molecule has 0 saturated carbocycles. The molecule has 1 heterocycles. The summed E-state index contributed by atoms with van der Waals surface area (Å²) in [5.74, 6) is 0.239. The Bertz CT molecular complexity index is 681. The maximum atomic E-state index is 12.6. The van der Waals surface area contributed by atoms with E-state index in [1.54, 1.807) is 31.2 Å². The second-order valence-corrected chi connectivity index (χ2v) is 6.23. The van der Waals surface area contributed by atoms with Crippen LogP contribution in [0.1, 0.15) is 32.8 Å². The first-order valence-corrected chi connectivity index (χ1v) is 7.75. The maximum Gasteiger partial charge on any atom is 0.325 e. The lowest BCUT2D eigenvalue weighted by Crippen LogP contribution is -2.41. The fourth-order valence-corrected chi connectivity index (χ4v) is 2.46. The van der Waals surface area contributed by atoms with E-state index >= 15 is 0 Å². The van der Waals surface area contributed by atoms with Crippen LogP contribution in [-0.2, 0) is 15.1 Å². The van der Waals surface area contributed by atoms with Crippen molar-refractivity contribution >= 4 is 17.7 Å². The van der Waals surface area contributed by atoms with Gasteiger partial charge < -0.3 is 10.1 Å². The van der Waals surface area contributed by atoms with Crippen LogP contribution in [0.5, 0.6) is 5.75 Å². The van der Waals surface area contributed by atoms with Crippen LogP contribution in [0.25, 0.3) is 0 Å². The zero-order valence-corrected chi connectivity index (χ0v) is 14.2. The average molecular weight is 330 g/mol. The molecule has 3 amide bonds. The number of hydrogen-bond donors (Lipinski definition) is 1. The number of urea groups is 1. The molecule has 1 N–H and O–H groups in total. The molecule has 1 saturated heterocycles. The van der Waals surface area contributed by atoms with Crippen LogP contribution in [0, 0.1) is 0 Å². The summed E-state index contributed by atoms with van der Waals surface area (Å²) in [5, 5.41) is 2.71. The molecule has 1 aliphatic rings. The molecule has 6 nitrogen and oxygen atoms in total. The van der Waals surface area contributed by atoms with Crippen LogP contribution in [0.15, 0.2) is 36.4 Å². The lowest BCUT2D eigenvalue weighted by Gasteiger charge is -2.22. The number of hydrogen-bond acceptors (Lipinski definition) is 4. The SMILES string of the molecule is C=C(C)COc1ccc(C2(C)NC(=O)N(CCC(C)=O)C2=O)cc1. The smallest absolute Gasteiger partial charge is 0.325 e. The molecule has 0 bridgehead atoms. The fraction of sp³-hybridized carbons (Fsp3) is 0.389. The van der Waals surface area contributed by atoms with E-state index in [-0.39, 0.29) is 24.7 Å². The Hall–Kier alpha value is -2.63. The number of Topliss-reactive ketones (excluding diaryl/α,β-unsaturated/α-hetero) is 1. The van der Waals surface area contributed by atoms with E-state index in [2.05, 4.69) is 11.9 Å². The number of imide groups is 1. The first kappa shape index (κ1) is 17.7. The standard InChI is InChI=1S/C18H22N2O4/c1-12(2)11-24-15-7-5-14(6-8-15)18(4)16(22)20(17(23)19-18)10-9-13(3)21/h5-8H,1,9-11H2,2-4H3,(H,19,23). The largest absolute Gasteiger partial charge is 0.489 e. The number of ketones is 1. The van der Waals surface area contributed by atoms with E-state index < -0.39 is 11.6 Å². The summed E-state index contributed by atoms with van der Waals surface area (Å²) in [6, 6.07) is 6.52. The van der Waals surface area contributed by atoms with Gasteiger partial charge in [0.2, 0.25) is 0 Å². The molecule has 24 heavy (non-hydrogen) atoms. The Morgan fingerprint density at radius 1 is 1.25 bits per heavy atom. The maximum absolute atomic E-state index is 12.6. The Morgan fingerprint density at radius 2 is 1.88 bits per heavy atom. The van der Waals surface area contributed by atoms with Crippen molar-refractivity contribution in [3.63, 3.8) is 0 Å². The van der Waals surface area contributed by atoms with Crippen molar-refractivity contribution < 1.29 is 19.1 Å². The lowest BCUT2D eigenvalue weighted by atomic mass is 9.92. The average Bonchev–Trinajstić information content (AvgIpc) is 2.74. The highest BCUT2D eigenvalue weighted by atomic mass is 16.5. The highest BCUT2D eigenvalue weighted by Gasteiger charge is 2.48. The topological polar surface area (TPSA) is 75.7 Å². The Balaban J connectivity index is 2.15. The predicted molar refractivity (Wildman–Crippen MR) is 89.6 cm³/mol. The Kier molecular flexibility index (Phi) is 5.07. The van der Waals surface area contributed by atoms with Crippen LogP contribution >= 0.6 is 0 Å². The van der Waals surface area contributed by atoms with Crippen molar-refractivity contribution in [1.29, 1.82) is 0 Å². The van der Waals surface area contributed by atoms with E-state index in [0.717, 1.165) is 10.5 Å². The van der Waals surface area contributed by atoms with Gasteiger partial charge in [0, 0.05) is 13.0 Å². The second-order valence-electron chi connectivity index (χ2n) is 6.23. The summed E-state index contributed by atoms with van der Waals surface area (Å²) >= 11 is 0. The van der Waals surface area contributed by atoms with Gasteiger partial charge in [-0.1, -0.05) is 18.7 Å². The molecule has 0 aliphatic carbocycles.